The maximum atomic E-state index is 11.7. The Morgan fingerprint density at radius 2 is 1.86 bits per heavy atom. The van der Waals surface area contributed by atoms with Crippen LogP contribution in [0.25, 0.3) is 0 Å². The van der Waals surface area contributed by atoms with E-state index in [0.29, 0.717) is 0 Å². The number of nitrogens with one attached hydrogen (secondary N) is 1. The van der Waals surface area contributed by atoms with E-state index in [1.54, 1.807) is 12.1 Å². The number of carbonyl (C=O) groups excluding carboxylic acids is 1. The highest BCUT2D eigenvalue weighted by Crippen LogP contribution is 2.31. The zero-order valence-electron chi connectivity index (χ0n) is 11.2. The van der Waals surface area contributed by atoms with Crippen molar-refractivity contribution in [3.8, 4) is 5.75 Å². The average Bonchev–Trinajstić information content (AvgIpc) is 2.49. The lowest BCUT2D eigenvalue weighted by atomic mass is 10.2. The van der Waals surface area contributed by atoms with Crippen molar-refractivity contribution in [2.45, 2.75) is 6.61 Å². The van der Waals surface area contributed by atoms with Crippen LogP contribution >= 0.6 is 15.9 Å². The normalized spacial score (nSPS) is 10.0. The van der Waals surface area contributed by atoms with Gasteiger partial charge in [-0.2, -0.15) is 0 Å². The Hall–Kier alpha value is -2.54. The third-order valence-corrected chi connectivity index (χ3v) is 3.58. The standard InChI is InChI=1S/C15H12BrNO5/c16-13-11(14(19)20)6-10(7-12(13)18)17-15(21)22-8-9-4-2-1-3-5-9/h1-7,18H,8H2,(H,17,21)(H,19,20). The first-order valence-corrected chi connectivity index (χ1v) is 7.00. The molecule has 0 aromatic heterocycles. The summed E-state index contributed by atoms with van der Waals surface area (Å²) < 4.78 is 5.06. The summed E-state index contributed by atoms with van der Waals surface area (Å²) in [4.78, 5) is 22.7. The molecule has 22 heavy (non-hydrogen) atoms. The number of anilines is 1. The van der Waals surface area contributed by atoms with Gasteiger partial charge >= 0.3 is 12.1 Å². The Balaban J connectivity index is 2.04. The highest BCUT2D eigenvalue weighted by Gasteiger charge is 2.15. The van der Waals surface area contributed by atoms with Crippen LogP contribution in [-0.2, 0) is 11.3 Å². The zero-order chi connectivity index (χ0) is 16.1. The van der Waals surface area contributed by atoms with Crippen LogP contribution in [-0.4, -0.2) is 22.3 Å². The van der Waals surface area contributed by atoms with E-state index in [1.807, 2.05) is 18.2 Å². The van der Waals surface area contributed by atoms with Gasteiger partial charge in [-0.3, -0.25) is 5.32 Å². The summed E-state index contributed by atoms with van der Waals surface area (Å²) in [5, 5.41) is 21.0. The predicted molar refractivity (Wildman–Crippen MR) is 83.0 cm³/mol. The number of carbonyl (C=O) groups is 2. The van der Waals surface area contributed by atoms with Crippen LogP contribution in [0.1, 0.15) is 15.9 Å². The molecule has 0 unspecified atom stereocenters. The number of phenolic OH excluding ortho intramolecular Hbond substituents is 1. The topological polar surface area (TPSA) is 95.9 Å². The minimum atomic E-state index is -1.23. The molecule has 114 valence electrons. The number of hydrogen-bond acceptors (Lipinski definition) is 4. The summed E-state index contributed by atoms with van der Waals surface area (Å²) >= 11 is 2.97. The first-order chi connectivity index (χ1) is 10.5. The fraction of sp³-hybridized carbons (Fsp3) is 0.0667. The molecule has 0 heterocycles. The number of aromatic carboxylic acids is 1. The van der Waals surface area contributed by atoms with Crippen LogP contribution in [0.5, 0.6) is 5.75 Å². The SMILES string of the molecule is O=C(Nc1cc(O)c(Br)c(C(=O)O)c1)OCc1ccccc1. The van der Waals surface area contributed by atoms with E-state index >= 15 is 0 Å². The molecule has 0 aliphatic heterocycles. The maximum absolute atomic E-state index is 11.7. The molecule has 2 aromatic carbocycles. The van der Waals surface area contributed by atoms with Crippen LogP contribution in [0.4, 0.5) is 10.5 Å². The summed E-state index contributed by atoms with van der Waals surface area (Å²) in [5.74, 6) is -1.53. The summed E-state index contributed by atoms with van der Waals surface area (Å²) in [6, 6.07) is 11.5. The minimum absolute atomic E-state index is 0.0446. The van der Waals surface area contributed by atoms with Gasteiger partial charge in [0.2, 0.25) is 0 Å². The van der Waals surface area contributed by atoms with Gasteiger partial charge in [-0.1, -0.05) is 30.3 Å². The molecule has 7 heteroatoms. The lowest BCUT2D eigenvalue weighted by Gasteiger charge is -2.09. The number of amides is 1. The number of benzene rings is 2. The summed E-state index contributed by atoms with van der Waals surface area (Å²) in [5.41, 5.74) is 0.775. The molecule has 3 N–H and O–H groups in total. The maximum Gasteiger partial charge on any atom is 0.411 e. The summed E-state index contributed by atoms with van der Waals surface area (Å²) in [7, 11) is 0. The smallest absolute Gasteiger partial charge is 0.411 e. The molecule has 0 fully saturated rings. The van der Waals surface area contributed by atoms with Gasteiger partial charge in [-0.25, -0.2) is 9.59 Å². The molecule has 0 saturated heterocycles. The molecular weight excluding hydrogens is 354 g/mol. The predicted octanol–water partition coefficient (Wildman–Crippen LogP) is 3.60. The van der Waals surface area contributed by atoms with E-state index in [9.17, 15) is 14.7 Å². The second kappa shape index (κ2) is 6.95. The van der Waals surface area contributed by atoms with Gasteiger partial charge in [0.25, 0.3) is 0 Å². The largest absolute Gasteiger partial charge is 0.507 e. The van der Waals surface area contributed by atoms with Gasteiger partial charge in [0.1, 0.15) is 12.4 Å². The number of rotatable bonds is 4. The highest BCUT2D eigenvalue weighted by atomic mass is 79.9. The van der Waals surface area contributed by atoms with Crippen molar-refractivity contribution in [3.63, 3.8) is 0 Å². The van der Waals surface area contributed by atoms with E-state index in [2.05, 4.69) is 21.2 Å². The first-order valence-electron chi connectivity index (χ1n) is 6.21. The van der Waals surface area contributed by atoms with E-state index in [0.717, 1.165) is 5.56 Å². The van der Waals surface area contributed by atoms with Crippen LogP contribution in [0.3, 0.4) is 0 Å². The van der Waals surface area contributed by atoms with Crippen LogP contribution in [0.15, 0.2) is 46.9 Å². The minimum Gasteiger partial charge on any atom is -0.507 e. The number of ether oxygens (including phenoxy) is 1. The molecule has 0 saturated carbocycles. The van der Waals surface area contributed by atoms with Gasteiger partial charge < -0.3 is 14.9 Å². The van der Waals surface area contributed by atoms with Gasteiger partial charge in [0, 0.05) is 11.8 Å². The Morgan fingerprint density at radius 1 is 1.18 bits per heavy atom. The third kappa shape index (κ3) is 3.98. The van der Waals surface area contributed by atoms with Crippen molar-refractivity contribution in [2.75, 3.05) is 5.32 Å². The van der Waals surface area contributed by atoms with Crippen LogP contribution in [0, 0.1) is 0 Å². The molecule has 6 nitrogen and oxygen atoms in total. The van der Waals surface area contributed by atoms with Crippen molar-refractivity contribution in [1.82, 2.24) is 0 Å². The molecule has 0 atom stereocenters. The van der Waals surface area contributed by atoms with Crippen molar-refractivity contribution < 1.29 is 24.5 Å². The lowest BCUT2D eigenvalue weighted by molar-refractivity contribution is 0.0695. The molecule has 0 aliphatic carbocycles. The fourth-order valence-corrected chi connectivity index (χ4v) is 2.11. The molecule has 0 radical (unpaired) electrons. The number of aromatic hydroxyl groups is 1. The zero-order valence-corrected chi connectivity index (χ0v) is 12.8. The van der Waals surface area contributed by atoms with Crippen molar-refractivity contribution in [2.24, 2.45) is 0 Å². The van der Waals surface area contributed by atoms with E-state index < -0.39 is 12.1 Å². The Labute approximate surface area is 134 Å². The number of halogens is 1. The highest BCUT2D eigenvalue weighted by molar-refractivity contribution is 9.10. The number of hydrogen-bond donors (Lipinski definition) is 3. The average molecular weight is 366 g/mol. The molecule has 0 spiro atoms. The number of carboxylic acid groups (broad SMARTS) is 1. The number of carboxylic acids is 1. The third-order valence-electron chi connectivity index (χ3n) is 2.74. The number of phenols is 1. The first kappa shape index (κ1) is 15.8. The van der Waals surface area contributed by atoms with Crippen molar-refractivity contribution in [3.05, 3.63) is 58.1 Å². The van der Waals surface area contributed by atoms with Gasteiger partial charge in [-0.05, 0) is 27.6 Å². The van der Waals surface area contributed by atoms with Gasteiger partial charge in [0.15, 0.2) is 0 Å². The molecular formula is C15H12BrNO5. The summed E-state index contributed by atoms with van der Waals surface area (Å²) in [6.07, 6.45) is -0.748. The monoisotopic (exact) mass is 365 g/mol. The van der Waals surface area contributed by atoms with Crippen LogP contribution < -0.4 is 5.32 Å². The fourth-order valence-electron chi connectivity index (χ4n) is 1.71. The quantitative estimate of drug-likeness (QED) is 0.769. The van der Waals surface area contributed by atoms with E-state index in [1.165, 1.54) is 12.1 Å². The molecule has 0 aliphatic rings. The Bertz CT molecular complexity index is 703. The van der Waals surface area contributed by atoms with Gasteiger partial charge in [0.05, 0.1) is 10.0 Å². The molecule has 2 rings (SSSR count). The van der Waals surface area contributed by atoms with Crippen molar-refractivity contribution in [1.29, 1.82) is 0 Å². The van der Waals surface area contributed by atoms with Crippen molar-refractivity contribution >= 4 is 33.7 Å². The van der Waals surface area contributed by atoms with E-state index in [4.69, 9.17) is 9.84 Å². The van der Waals surface area contributed by atoms with E-state index in [-0.39, 0.29) is 28.1 Å². The Morgan fingerprint density at radius 3 is 2.50 bits per heavy atom. The molecule has 2 aromatic rings. The second-order valence-electron chi connectivity index (χ2n) is 4.35. The van der Waals surface area contributed by atoms with Crippen LogP contribution in [0.2, 0.25) is 0 Å². The molecule has 0 bridgehead atoms. The Kier molecular flexibility index (Phi) is 5.00. The molecule has 1 amide bonds. The summed E-state index contributed by atoms with van der Waals surface area (Å²) in [6.45, 7) is 0.0843. The second-order valence-corrected chi connectivity index (χ2v) is 5.14. The lowest BCUT2D eigenvalue weighted by Crippen LogP contribution is -2.14. The van der Waals surface area contributed by atoms with Gasteiger partial charge in [-0.15, -0.1) is 0 Å².